The number of hydrogen-bond acceptors (Lipinski definition) is 5. The molecule has 118 valence electrons. The Kier molecular flexibility index (Phi) is 6.02. The molecule has 7 heteroatoms. The Morgan fingerprint density at radius 3 is 2.96 bits per heavy atom. The number of carbonyl (C=O) groups is 1. The van der Waals surface area contributed by atoms with Gasteiger partial charge in [-0.15, -0.1) is 11.3 Å². The average Bonchev–Trinajstić information content (AvgIpc) is 2.93. The maximum Gasteiger partial charge on any atom is 0.246 e. The van der Waals surface area contributed by atoms with Gasteiger partial charge in [0, 0.05) is 27.4 Å². The molecule has 0 aliphatic heterocycles. The van der Waals surface area contributed by atoms with Crippen molar-refractivity contribution in [2.24, 2.45) is 4.99 Å². The molecule has 0 saturated heterocycles. The summed E-state index contributed by atoms with van der Waals surface area (Å²) in [5.74, 6) is -0.741. The zero-order valence-corrected chi connectivity index (χ0v) is 15.1. The van der Waals surface area contributed by atoms with Crippen LogP contribution in [-0.2, 0) is 4.79 Å². The van der Waals surface area contributed by atoms with Crippen molar-refractivity contribution in [3.8, 4) is 6.07 Å². The first-order valence-electron chi connectivity index (χ1n) is 6.87. The molecule has 0 fully saturated rings. The monoisotopic (exact) mass is 390 g/mol. The van der Waals surface area contributed by atoms with Crippen molar-refractivity contribution < 1.29 is 4.79 Å². The Morgan fingerprint density at radius 2 is 2.35 bits per heavy atom. The smallest absolute Gasteiger partial charge is 0.246 e. The molecule has 0 aliphatic carbocycles. The van der Waals surface area contributed by atoms with Crippen molar-refractivity contribution in [2.75, 3.05) is 11.9 Å². The number of amides is 1. The van der Waals surface area contributed by atoms with Crippen LogP contribution < -0.4 is 5.32 Å². The molecule has 1 unspecified atom stereocenters. The van der Waals surface area contributed by atoms with Gasteiger partial charge in [0.15, 0.2) is 0 Å². The largest absolute Gasteiger partial charge is 0.324 e. The summed E-state index contributed by atoms with van der Waals surface area (Å²) in [5.41, 5.74) is 2.59. The summed E-state index contributed by atoms with van der Waals surface area (Å²) >= 11 is 4.80. The highest BCUT2D eigenvalue weighted by Gasteiger charge is 2.12. The number of thiazole rings is 1. The summed E-state index contributed by atoms with van der Waals surface area (Å²) in [6.45, 7) is 3.76. The molecule has 5 nitrogen and oxygen atoms in total. The highest BCUT2D eigenvalue weighted by Crippen LogP contribution is 2.20. The molecule has 1 heterocycles. The number of hydrogen-bond donors (Lipinski definition) is 1. The molecular weight excluding hydrogens is 376 g/mol. The lowest BCUT2D eigenvalue weighted by molar-refractivity contribution is -0.114. The molecule has 0 spiro atoms. The van der Waals surface area contributed by atoms with Crippen molar-refractivity contribution in [1.29, 1.82) is 5.26 Å². The minimum absolute atomic E-state index is 0.0297. The van der Waals surface area contributed by atoms with E-state index in [9.17, 15) is 10.1 Å². The molecule has 1 aromatic carbocycles. The molecule has 0 bridgehead atoms. The molecule has 0 aliphatic rings. The number of nitrogens with one attached hydrogen (secondary N) is 1. The van der Waals surface area contributed by atoms with Crippen LogP contribution in [-0.4, -0.2) is 23.7 Å². The van der Waals surface area contributed by atoms with Crippen molar-refractivity contribution in [3.05, 3.63) is 44.3 Å². The second kappa shape index (κ2) is 7.99. The fourth-order valence-electron chi connectivity index (χ4n) is 1.87. The number of nitriles is 1. The third kappa shape index (κ3) is 4.98. The predicted octanol–water partition coefficient (Wildman–Crippen LogP) is 3.84. The Hall–Kier alpha value is -2.04. The van der Waals surface area contributed by atoms with Crippen LogP contribution in [0.4, 0.5) is 5.69 Å². The first kappa shape index (κ1) is 17.3. The van der Waals surface area contributed by atoms with Crippen LogP contribution in [0.1, 0.15) is 22.2 Å². The minimum atomic E-state index is -0.518. The highest BCUT2D eigenvalue weighted by atomic mass is 79.9. The maximum absolute atomic E-state index is 11.9. The van der Waals surface area contributed by atoms with Crippen molar-refractivity contribution >= 4 is 45.1 Å². The van der Waals surface area contributed by atoms with Crippen LogP contribution in [0.15, 0.2) is 33.0 Å². The quantitative estimate of drug-likeness (QED) is 0.787. The van der Waals surface area contributed by atoms with E-state index in [0.29, 0.717) is 5.01 Å². The van der Waals surface area contributed by atoms with E-state index in [4.69, 9.17) is 0 Å². The fourth-order valence-corrected chi connectivity index (χ4v) is 3.14. The van der Waals surface area contributed by atoms with Crippen LogP contribution in [0.3, 0.4) is 0 Å². The second-order valence-corrected chi connectivity index (χ2v) is 6.74. The molecule has 23 heavy (non-hydrogen) atoms. The van der Waals surface area contributed by atoms with Gasteiger partial charge in [-0.05, 0) is 37.6 Å². The number of aromatic nitrogens is 1. The average molecular weight is 391 g/mol. The van der Waals surface area contributed by atoms with Crippen LogP contribution in [0, 0.1) is 25.2 Å². The number of anilines is 1. The molecule has 1 amide bonds. The fraction of sp³-hybridized carbons (Fsp3) is 0.250. The number of halogens is 1. The van der Waals surface area contributed by atoms with Gasteiger partial charge in [0.25, 0.3) is 0 Å². The standard InChI is InChI=1S/C16H15BrN4OS/c1-10-5-13(17)3-4-14(10)21-15(22)8-19-7-12(6-18)16-20-11(2)9-23-16/h3-5,7,9,12H,8H2,1-2H3,(H,21,22). The lowest BCUT2D eigenvalue weighted by Gasteiger charge is -2.07. The number of aryl methyl sites for hydroxylation is 2. The Morgan fingerprint density at radius 1 is 1.57 bits per heavy atom. The van der Waals surface area contributed by atoms with Crippen molar-refractivity contribution in [3.63, 3.8) is 0 Å². The third-order valence-corrected chi connectivity index (χ3v) is 4.53. The number of aliphatic imine (C=N–C) groups is 1. The third-order valence-electron chi connectivity index (χ3n) is 2.99. The molecule has 1 atom stereocenters. The van der Waals surface area contributed by atoms with Crippen LogP contribution >= 0.6 is 27.3 Å². The molecule has 1 N–H and O–H groups in total. The minimum Gasteiger partial charge on any atom is -0.324 e. The van der Waals surface area contributed by atoms with Gasteiger partial charge in [-0.2, -0.15) is 5.26 Å². The van der Waals surface area contributed by atoms with E-state index in [1.807, 2.05) is 37.4 Å². The summed E-state index contributed by atoms with van der Waals surface area (Å²) in [5, 5.41) is 14.6. The first-order chi connectivity index (χ1) is 11.0. The van der Waals surface area contributed by atoms with Crippen LogP contribution in [0.2, 0.25) is 0 Å². The maximum atomic E-state index is 11.9. The number of rotatable bonds is 5. The lowest BCUT2D eigenvalue weighted by Crippen LogP contribution is -2.16. The number of nitrogens with zero attached hydrogens (tertiary/aromatic N) is 3. The van der Waals surface area contributed by atoms with E-state index >= 15 is 0 Å². The zero-order chi connectivity index (χ0) is 16.8. The molecule has 0 radical (unpaired) electrons. The van der Waals surface area contributed by atoms with Gasteiger partial charge in [0.1, 0.15) is 17.5 Å². The van der Waals surface area contributed by atoms with Crippen molar-refractivity contribution in [1.82, 2.24) is 4.98 Å². The molecular formula is C16H15BrN4OS. The van der Waals surface area contributed by atoms with Gasteiger partial charge < -0.3 is 5.32 Å². The first-order valence-corrected chi connectivity index (χ1v) is 8.54. The second-order valence-electron chi connectivity index (χ2n) is 4.93. The van der Waals surface area contributed by atoms with E-state index in [2.05, 4.69) is 37.3 Å². The molecule has 1 aromatic heterocycles. The number of carbonyl (C=O) groups excluding carboxylic acids is 1. The van der Waals surface area contributed by atoms with E-state index in [1.165, 1.54) is 17.6 Å². The summed E-state index contributed by atoms with van der Waals surface area (Å²) in [7, 11) is 0. The van der Waals surface area contributed by atoms with Gasteiger partial charge in [-0.3, -0.25) is 9.79 Å². The van der Waals surface area contributed by atoms with Gasteiger partial charge in [0.2, 0.25) is 5.91 Å². The van der Waals surface area contributed by atoms with Gasteiger partial charge in [-0.25, -0.2) is 4.98 Å². The van der Waals surface area contributed by atoms with Gasteiger partial charge >= 0.3 is 0 Å². The van der Waals surface area contributed by atoms with Crippen molar-refractivity contribution in [2.45, 2.75) is 19.8 Å². The Balaban J connectivity index is 1.94. The SMILES string of the molecule is Cc1csc(C(C#N)C=NCC(=O)Nc2ccc(Br)cc2C)n1. The van der Waals surface area contributed by atoms with E-state index in [-0.39, 0.29) is 12.5 Å². The molecule has 2 aromatic rings. The summed E-state index contributed by atoms with van der Waals surface area (Å²) in [6.07, 6.45) is 1.48. The topological polar surface area (TPSA) is 78.1 Å². The molecule has 0 saturated carbocycles. The van der Waals surface area contributed by atoms with Gasteiger partial charge in [0.05, 0.1) is 6.07 Å². The Labute approximate surface area is 147 Å². The summed E-state index contributed by atoms with van der Waals surface area (Å²) < 4.78 is 0.960. The van der Waals surface area contributed by atoms with Crippen LogP contribution in [0.5, 0.6) is 0 Å². The lowest BCUT2D eigenvalue weighted by atomic mass is 10.2. The predicted molar refractivity (Wildman–Crippen MR) is 96.1 cm³/mol. The van der Waals surface area contributed by atoms with Gasteiger partial charge in [-0.1, -0.05) is 15.9 Å². The molecule has 2 rings (SSSR count). The zero-order valence-electron chi connectivity index (χ0n) is 12.7. The Bertz CT molecular complexity index is 779. The van der Waals surface area contributed by atoms with E-state index in [1.54, 1.807) is 0 Å². The van der Waals surface area contributed by atoms with E-state index < -0.39 is 5.92 Å². The summed E-state index contributed by atoms with van der Waals surface area (Å²) in [4.78, 5) is 20.3. The van der Waals surface area contributed by atoms with E-state index in [0.717, 1.165) is 21.4 Å². The normalized spacial score (nSPS) is 12.1. The highest BCUT2D eigenvalue weighted by molar-refractivity contribution is 9.10. The van der Waals surface area contributed by atoms with Crippen LogP contribution in [0.25, 0.3) is 0 Å². The number of benzene rings is 1. The summed E-state index contributed by atoms with van der Waals surface area (Å²) in [6, 6.07) is 7.75.